The summed E-state index contributed by atoms with van der Waals surface area (Å²) in [5, 5.41) is 8.63. The predicted molar refractivity (Wildman–Crippen MR) is 52.8 cm³/mol. The van der Waals surface area contributed by atoms with Gasteiger partial charge >= 0.3 is 6.73 Å². The van der Waals surface area contributed by atoms with Gasteiger partial charge in [-0.3, -0.25) is 0 Å². The fourth-order valence-corrected chi connectivity index (χ4v) is 0.428. The molecule has 0 saturated carbocycles. The molecule has 1 aromatic carbocycles. The Hall–Kier alpha value is 0.107. The molecule has 11 heavy (non-hydrogen) atoms. The van der Waals surface area contributed by atoms with Gasteiger partial charge in [-0.15, -0.1) is 33.2 Å². The van der Waals surface area contributed by atoms with Crippen molar-refractivity contribution in [1.29, 1.82) is 0 Å². The van der Waals surface area contributed by atoms with Crippen molar-refractivity contribution in [2.75, 3.05) is 0 Å². The van der Waals surface area contributed by atoms with Gasteiger partial charge < -0.3 is 5.11 Å². The van der Waals surface area contributed by atoms with Gasteiger partial charge in [-0.1, -0.05) is 18.2 Å². The van der Waals surface area contributed by atoms with Gasteiger partial charge in [0, 0.05) is 0 Å². The maximum atomic E-state index is 8.63. The third-order valence-corrected chi connectivity index (χ3v) is 0.756. The molecule has 1 rings (SSSR count). The lowest BCUT2D eigenvalue weighted by molar-refractivity contribution is 0.475. The van der Waals surface area contributed by atoms with E-state index in [1.807, 2.05) is 6.07 Å². The van der Waals surface area contributed by atoms with Crippen LogP contribution < -0.4 is 0 Å². The highest BCUT2D eigenvalue weighted by molar-refractivity contribution is 7.54. The Morgan fingerprint density at radius 2 is 1.36 bits per heavy atom. The number of aromatic hydroxyl groups is 1. The zero-order chi connectivity index (χ0) is 8.69. The van der Waals surface area contributed by atoms with Crippen LogP contribution in [0.4, 0.5) is 0 Å². The van der Waals surface area contributed by atoms with E-state index in [4.69, 9.17) is 38.3 Å². The van der Waals surface area contributed by atoms with Crippen LogP contribution in [0.15, 0.2) is 30.3 Å². The zero-order valence-electron chi connectivity index (χ0n) is 5.55. The van der Waals surface area contributed by atoms with Crippen molar-refractivity contribution in [2.24, 2.45) is 0 Å². The van der Waals surface area contributed by atoms with Gasteiger partial charge in [0.15, 0.2) is 0 Å². The quantitative estimate of drug-likeness (QED) is 0.536. The maximum absolute atomic E-state index is 8.63. The Morgan fingerprint density at radius 1 is 1.00 bits per heavy atom. The van der Waals surface area contributed by atoms with Crippen LogP contribution in [-0.4, -0.2) is 11.8 Å². The molecule has 0 aromatic heterocycles. The molecule has 5 heteroatoms. The molecule has 0 aliphatic heterocycles. The summed E-state index contributed by atoms with van der Waals surface area (Å²) in [5.74, 6) is 0.322. The average Bonchev–Trinajstić information content (AvgIpc) is 1.87. The first-order valence-electron chi connectivity index (χ1n) is 2.79. The number of hydrogen-bond acceptors (Lipinski definition) is 1. The third kappa shape index (κ3) is 10.1. The van der Waals surface area contributed by atoms with Crippen LogP contribution in [-0.2, 0) is 0 Å². The van der Waals surface area contributed by atoms with Crippen molar-refractivity contribution in [2.45, 2.75) is 0 Å². The van der Waals surface area contributed by atoms with Crippen LogP contribution in [0.5, 0.6) is 5.75 Å². The fourth-order valence-electron chi connectivity index (χ4n) is 0.428. The van der Waals surface area contributed by atoms with Crippen molar-refractivity contribution in [3.63, 3.8) is 0 Å². The normalized spacial score (nSPS) is 8.73. The van der Waals surface area contributed by atoms with E-state index in [1.54, 1.807) is 24.3 Å². The van der Waals surface area contributed by atoms with Crippen LogP contribution in [0, 0.1) is 0 Å². The Morgan fingerprint density at radius 3 is 1.55 bits per heavy atom. The lowest BCUT2D eigenvalue weighted by Gasteiger charge is -1.82. The van der Waals surface area contributed by atoms with E-state index in [0.717, 1.165) is 0 Å². The molecule has 0 aliphatic carbocycles. The summed E-state index contributed by atoms with van der Waals surface area (Å²) in [5.41, 5.74) is 0. The highest BCUT2D eigenvalue weighted by Crippen LogP contribution is 2.02. The average molecular weight is 230 g/mol. The molecule has 62 valence electrons. The van der Waals surface area contributed by atoms with E-state index >= 15 is 0 Å². The minimum absolute atomic E-state index is 0.322. The third-order valence-electron chi connectivity index (χ3n) is 0.756. The SMILES string of the molecule is Cl[SiH](Cl)Cl.Oc1ccccc1. The van der Waals surface area contributed by atoms with Crippen molar-refractivity contribution in [3.8, 4) is 5.75 Å². The standard InChI is InChI=1S/C6H6O.Cl3HSi/c7-6-4-2-1-3-5-6;1-4(2)3/h1-5,7H;4H. The molecular formula is C6H7Cl3OSi. The zero-order valence-corrected chi connectivity index (χ0v) is 8.97. The highest BCUT2D eigenvalue weighted by Gasteiger charge is 1.85. The number of hydrogen-bond donors (Lipinski definition) is 1. The number of phenolic OH excluding ortho intramolecular Hbond substituents is 1. The topological polar surface area (TPSA) is 20.2 Å². The molecule has 0 heterocycles. The smallest absolute Gasteiger partial charge is 0.326 e. The number of halogens is 3. The molecule has 0 amide bonds. The second-order valence-electron chi connectivity index (χ2n) is 1.58. The summed E-state index contributed by atoms with van der Waals surface area (Å²) in [6.45, 7) is -1.72. The Bertz CT molecular complexity index is 178. The van der Waals surface area contributed by atoms with Gasteiger partial charge in [0.1, 0.15) is 5.75 Å². The number of rotatable bonds is 0. The van der Waals surface area contributed by atoms with Crippen molar-refractivity contribution in [1.82, 2.24) is 0 Å². The Kier molecular flexibility index (Phi) is 6.86. The molecule has 0 spiro atoms. The summed E-state index contributed by atoms with van der Waals surface area (Å²) in [4.78, 5) is 0. The lowest BCUT2D eigenvalue weighted by atomic mass is 10.3. The van der Waals surface area contributed by atoms with Gasteiger partial charge in [-0.2, -0.15) is 0 Å². The van der Waals surface area contributed by atoms with Gasteiger partial charge in [-0.25, -0.2) is 0 Å². The number of para-hydroxylation sites is 1. The van der Waals surface area contributed by atoms with Crippen molar-refractivity contribution < 1.29 is 5.11 Å². The summed E-state index contributed by atoms with van der Waals surface area (Å²) < 4.78 is 0. The van der Waals surface area contributed by atoms with Crippen molar-refractivity contribution >= 4 is 40.0 Å². The first-order chi connectivity index (χ1) is 5.13. The van der Waals surface area contributed by atoms with Gasteiger partial charge in [-0.05, 0) is 12.1 Å². The molecule has 0 atom stereocenters. The first-order valence-corrected chi connectivity index (χ1v) is 8.03. The molecule has 1 N–H and O–H groups in total. The van der Waals surface area contributed by atoms with E-state index < -0.39 is 6.73 Å². The number of benzene rings is 1. The van der Waals surface area contributed by atoms with Gasteiger partial charge in [0.25, 0.3) is 0 Å². The van der Waals surface area contributed by atoms with E-state index in [1.165, 1.54) is 0 Å². The molecule has 0 radical (unpaired) electrons. The Labute approximate surface area is 81.2 Å². The fraction of sp³-hybridized carbons (Fsp3) is 0. The van der Waals surface area contributed by atoms with Crippen LogP contribution in [0.25, 0.3) is 0 Å². The molecule has 0 unspecified atom stereocenters. The van der Waals surface area contributed by atoms with E-state index in [9.17, 15) is 0 Å². The predicted octanol–water partition coefficient (Wildman–Crippen LogP) is 2.81. The van der Waals surface area contributed by atoms with Crippen LogP contribution in [0.3, 0.4) is 0 Å². The van der Waals surface area contributed by atoms with Crippen LogP contribution in [0.2, 0.25) is 0 Å². The van der Waals surface area contributed by atoms with E-state index in [-0.39, 0.29) is 0 Å². The Balaban J connectivity index is 0.000000218. The van der Waals surface area contributed by atoms with Crippen molar-refractivity contribution in [3.05, 3.63) is 30.3 Å². The molecular weight excluding hydrogens is 223 g/mol. The second-order valence-corrected chi connectivity index (χ2v) is 8.02. The summed E-state index contributed by atoms with van der Waals surface area (Å²) >= 11 is 14.8. The summed E-state index contributed by atoms with van der Waals surface area (Å²) in [7, 11) is 0. The summed E-state index contributed by atoms with van der Waals surface area (Å²) in [6, 6.07) is 8.71. The molecule has 0 fully saturated rings. The van der Waals surface area contributed by atoms with Gasteiger partial charge in [0.05, 0.1) is 0 Å². The first kappa shape index (κ1) is 11.1. The maximum Gasteiger partial charge on any atom is 0.326 e. The van der Waals surface area contributed by atoms with Gasteiger partial charge in [0.2, 0.25) is 0 Å². The molecule has 1 aromatic rings. The largest absolute Gasteiger partial charge is 0.508 e. The van der Waals surface area contributed by atoms with E-state index in [2.05, 4.69) is 0 Å². The molecule has 0 bridgehead atoms. The monoisotopic (exact) mass is 228 g/mol. The minimum Gasteiger partial charge on any atom is -0.508 e. The second kappa shape index (κ2) is 6.79. The highest BCUT2D eigenvalue weighted by atomic mass is 35.8. The lowest BCUT2D eigenvalue weighted by Crippen LogP contribution is -1.66. The molecule has 0 saturated heterocycles. The summed E-state index contributed by atoms with van der Waals surface area (Å²) in [6.07, 6.45) is 0. The van der Waals surface area contributed by atoms with Crippen LogP contribution >= 0.6 is 33.2 Å². The number of phenols is 1. The minimum atomic E-state index is -1.72. The molecule has 1 nitrogen and oxygen atoms in total. The molecule has 0 aliphatic rings. The van der Waals surface area contributed by atoms with E-state index in [0.29, 0.717) is 5.75 Å². The van der Waals surface area contributed by atoms with Crippen LogP contribution in [0.1, 0.15) is 0 Å².